The number of amides is 2. The highest BCUT2D eigenvalue weighted by atomic mass is 16.6. The first-order valence-corrected chi connectivity index (χ1v) is 11.2. The normalized spacial score (nSPS) is 10.4. The fraction of sp³-hybridized carbons (Fsp3) is 0.308. The van der Waals surface area contributed by atoms with E-state index in [1.165, 1.54) is 23.9 Å². The van der Waals surface area contributed by atoms with Crippen LogP contribution in [0.3, 0.4) is 0 Å². The van der Waals surface area contributed by atoms with Gasteiger partial charge in [0.2, 0.25) is 0 Å². The smallest absolute Gasteiger partial charge is 0.409 e. The van der Waals surface area contributed by atoms with E-state index in [1.807, 2.05) is 60.7 Å². The van der Waals surface area contributed by atoms with E-state index < -0.39 is 24.1 Å². The van der Waals surface area contributed by atoms with Crippen molar-refractivity contribution in [2.24, 2.45) is 0 Å². The molecule has 0 heterocycles. The SMILES string of the molecule is CN(CCOC(=O)/C=C/C(=O)OCCN(C)C(=O)OCc1ccccc1)C(=O)OCc1ccccc1. The molecule has 0 radical (unpaired) electrons. The highest BCUT2D eigenvalue weighted by Crippen LogP contribution is 2.03. The van der Waals surface area contributed by atoms with Crippen molar-refractivity contribution in [2.45, 2.75) is 13.2 Å². The molecule has 2 aromatic carbocycles. The molecule has 0 saturated heterocycles. The standard InChI is InChI=1S/C26H30N2O8/c1-27(25(31)35-19-21-9-5-3-6-10-21)15-17-33-23(29)13-14-24(30)34-18-16-28(2)26(32)36-20-22-11-7-4-8-12-22/h3-14H,15-20H2,1-2H3/b14-13+. The Morgan fingerprint density at radius 1 is 0.611 bits per heavy atom. The van der Waals surface area contributed by atoms with Gasteiger partial charge in [0.1, 0.15) is 26.4 Å². The first-order chi connectivity index (χ1) is 17.3. The van der Waals surface area contributed by atoms with Gasteiger partial charge < -0.3 is 28.7 Å². The third-order valence-electron chi connectivity index (χ3n) is 4.73. The van der Waals surface area contributed by atoms with Gasteiger partial charge in [-0.2, -0.15) is 0 Å². The maximum Gasteiger partial charge on any atom is 0.409 e. The number of esters is 2. The van der Waals surface area contributed by atoms with Gasteiger partial charge in [-0.25, -0.2) is 19.2 Å². The molecule has 10 nitrogen and oxygen atoms in total. The van der Waals surface area contributed by atoms with Crippen molar-refractivity contribution in [1.82, 2.24) is 9.80 Å². The summed E-state index contributed by atoms with van der Waals surface area (Å²) < 4.78 is 20.3. The van der Waals surface area contributed by atoms with E-state index in [1.54, 1.807) is 0 Å². The van der Waals surface area contributed by atoms with Gasteiger partial charge in [-0.15, -0.1) is 0 Å². The number of carbonyl (C=O) groups is 4. The average Bonchev–Trinajstić information content (AvgIpc) is 2.90. The fourth-order valence-electron chi connectivity index (χ4n) is 2.64. The molecule has 0 aliphatic carbocycles. The zero-order valence-electron chi connectivity index (χ0n) is 20.3. The molecule has 0 fully saturated rings. The molecule has 2 aromatic rings. The Bertz CT molecular complexity index is 930. The summed E-state index contributed by atoms with van der Waals surface area (Å²) in [5.74, 6) is -1.53. The lowest BCUT2D eigenvalue weighted by Gasteiger charge is -2.16. The van der Waals surface area contributed by atoms with E-state index in [0.29, 0.717) is 0 Å². The third kappa shape index (κ3) is 11.2. The molecule has 2 rings (SSSR count). The summed E-state index contributed by atoms with van der Waals surface area (Å²) in [6.45, 7) is 0.351. The minimum absolute atomic E-state index is 0.0783. The van der Waals surface area contributed by atoms with Gasteiger partial charge in [0.15, 0.2) is 0 Å². The van der Waals surface area contributed by atoms with Crippen molar-refractivity contribution in [2.75, 3.05) is 40.4 Å². The van der Waals surface area contributed by atoms with Crippen molar-refractivity contribution in [3.63, 3.8) is 0 Å². The molecule has 0 atom stereocenters. The zero-order chi connectivity index (χ0) is 26.2. The summed E-state index contributed by atoms with van der Waals surface area (Å²) in [4.78, 5) is 50.0. The van der Waals surface area contributed by atoms with Crippen molar-refractivity contribution < 1.29 is 38.1 Å². The second-order valence-electron chi connectivity index (χ2n) is 7.59. The van der Waals surface area contributed by atoms with Gasteiger partial charge in [0.05, 0.1) is 13.1 Å². The largest absolute Gasteiger partial charge is 0.461 e. The van der Waals surface area contributed by atoms with Gasteiger partial charge in [-0.1, -0.05) is 60.7 Å². The Labute approximate surface area is 210 Å². The molecule has 0 aliphatic rings. The number of carbonyl (C=O) groups excluding carboxylic acids is 4. The van der Waals surface area contributed by atoms with Crippen molar-refractivity contribution in [3.05, 3.63) is 83.9 Å². The van der Waals surface area contributed by atoms with Crippen molar-refractivity contribution >= 4 is 24.1 Å². The van der Waals surface area contributed by atoms with E-state index in [4.69, 9.17) is 18.9 Å². The van der Waals surface area contributed by atoms with Crippen LogP contribution in [-0.2, 0) is 41.8 Å². The lowest BCUT2D eigenvalue weighted by Crippen LogP contribution is -2.31. The lowest BCUT2D eigenvalue weighted by molar-refractivity contribution is -0.140. The third-order valence-corrected chi connectivity index (χ3v) is 4.73. The molecule has 0 unspecified atom stereocenters. The second kappa shape index (κ2) is 15.5. The highest BCUT2D eigenvalue weighted by molar-refractivity contribution is 5.91. The van der Waals surface area contributed by atoms with Crippen LogP contribution in [0.5, 0.6) is 0 Å². The van der Waals surface area contributed by atoms with Crippen LogP contribution in [0.1, 0.15) is 11.1 Å². The van der Waals surface area contributed by atoms with Crippen LogP contribution in [0.4, 0.5) is 9.59 Å². The lowest BCUT2D eigenvalue weighted by atomic mass is 10.2. The van der Waals surface area contributed by atoms with Crippen LogP contribution in [-0.4, -0.2) is 74.3 Å². The Kier molecular flexibility index (Phi) is 12.0. The van der Waals surface area contributed by atoms with Crippen molar-refractivity contribution in [1.29, 1.82) is 0 Å². The summed E-state index contributed by atoms with van der Waals surface area (Å²) in [6, 6.07) is 18.5. The molecule has 0 spiro atoms. The van der Waals surface area contributed by atoms with E-state index in [-0.39, 0.29) is 39.5 Å². The maximum absolute atomic E-state index is 12.0. The Balaban J connectivity index is 1.55. The summed E-state index contributed by atoms with van der Waals surface area (Å²) in [6.07, 6.45) is 0.743. The molecule has 0 N–H and O–H groups in total. The van der Waals surface area contributed by atoms with Crippen LogP contribution in [0.2, 0.25) is 0 Å². The molecule has 0 aliphatic heterocycles. The number of ether oxygens (including phenoxy) is 4. The zero-order valence-corrected chi connectivity index (χ0v) is 20.3. The molecule has 0 aromatic heterocycles. The van der Waals surface area contributed by atoms with E-state index in [0.717, 1.165) is 23.3 Å². The predicted octanol–water partition coefficient (Wildman–Crippen LogP) is 3.17. The highest BCUT2D eigenvalue weighted by Gasteiger charge is 2.12. The van der Waals surface area contributed by atoms with E-state index >= 15 is 0 Å². The minimum Gasteiger partial charge on any atom is -0.461 e. The van der Waals surface area contributed by atoms with Gasteiger partial charge in [0.25, 0.3) is 0 Å². The van der Waals surface area contributed by atoms with Crippen LogP contribution >= 0.6 is 0 Å². The Hall–Kier alpha value is -4.34. The van der Waals surface area contributed by atoms with E-state index in [2.05, 4.69) is 0 Å². The van der Waals surface area contributed by atoms with Crippen molar-refractivity contribution in [3.8, 4) is 0 Å². The fourth-order valence-corrected chi connectivity index (χ4v) is 2.64. The number of hydrogen-bond acceptors (Lipinski definition) is 8. The minimum atomic E-state index is -0.764. The number of benzene rings is 2. The molecule has 36 heavy (non-hydrogen) atoms. The summed E-state index contributed by atoms with van der Waals surface area (Å²) >= 11 is 0. The predicted molar refractivity (Wildman–Crippen MR) is 130 cm³/mol. The van der Waals surface area contributed by atoms with E-state index in [9.17, 15) is 19.2 Å². The molecule has 2 amide bonds. The quantitative estimate of drug-likeness (QED) is 0.249. The van der Waals surface area contributed by atoms with Crippen LogP contribution < -0.4 is 0 Å². The first-order valence-electron chi connectivity index (χ1n) is 11.2. The number of nitrogens with zero attached hydrogens (tertiary/aromatic N) is 2. The van der Waals surface area contributed by atoms with Gasteiger partial charge in [-0.3, -0.25) is 0 Å². The first kappa shape index (κ1) is 27.9. The van der Waals surface area contributed by atoms with Crippen LogP contribution in [0.25, 0.3) is 0 Å². The second-order valence-corrected chi connectivity index (χ2v) is 7.59. The number of likely N-dealkylation sites (N-methyl/N-ethyl adjacent to an activating group) is 2. The molecular weight excluding hydrogens is 468 g/mol. The van der Waals surface area contributed by atoms with Gasteiger partial charge >= 0.3 is 24.1 Å². The summed E-state index contributed by atoms with van der Waals surface area (Å²) in [7, 11) is 3.03. The molecule has 10 heteroatoms. The monoisotopic (exact) mass is 498 g/mol. The summed E-state index contributed by atoms with van der Waals surface area (Å²) in [5, 5.41) is 0. The van der Waals surface area contributed by atoms with Crippen LogP contribution in [0, 0.1) is 0 Å². The topological polar surface area (TPSA) is 112 Å². The molecule has 0 saturated carbocycles. The number of rotatable bonds is 12. The summed E-state index contributed by atoms with van der Waals surface area (Å²) in [5.41, 5.74) is 1.72. The Morgan fingerprint density at radius 3 is 1.33 bits per heavy atom. The molecule has 192 valence electrons. The number of hydrogen-bond donors (Lipinski definition) is 0. The average molecular weight is 499 g/mol. The maximum atomic E-state index is 12.0. The Morgan fingerprint density at radius 2 is 0.972 bits per heavy atom. The molecule has 0 bridgehead atoms. The van der Waals surface area contributed by atoms with Gasteiger partial charge in [0, 0.05) is 26.2 Å². The molecular formula is C26H30N2O8. The van der Waals surface area contributed by atoms with Gasteiger partial charge in [-0.05, 0) is 11.1 Å². The van der Waals surface area contributed by atoms with Crippen LogP contribution in [0.15, 0.2) is 72.8 Å².